The quantitative estimate of drug-likeness (QED) is 0.907. The van der Waals surface area contributed by atoms with Gasteiger partial charge in [-0.1, -0.05) is 5.16 Å². The molecule has 2 aromatic rings. The summed E-state index contributed by atoms with van der Waals surface area (Å²) in [6.45, 7) is 8.80. The van der Waals surface area contributed by atoms with E-state index in [0.29, 0.717) is 0 Å². The van der Waals surface area contributed by atoms with E-state index in [1.165, 1.54) is 0 Å². The number of nitrogens with one attached hydrogen (secondary N) is 1. The Morgan fingerprint density at radius 2 is 2.18 bits per heavy atom. The Bertz CT molecular complexity index is 484. The Balaban J connectivity index is 1.99. The van der Waals surface area contributed by atoms with Crippen molar-refractivity contribution >= 4 is 11.3 Å². The highest BCUT2D eigenvalue weighted by Gasteiger charge is 2.12. The normalized spacial score (nSPS) is 12.9. The van der Waals surface area contributed by atoms with Crippen LogP contribution in [0.1, 0.15) is 40.7 Å². The number of hydrogen-bond acceptors (Lipinski definition) is 5. The maximum absolute atomic E-state index is 5.13. The smallest absolute Gasteiger partial charge is 0.138 e. The van der Waals surface area contributed by atoms with E-state index >= 15 is 0 Å². The van der Waals surface area contributed by atoms with Crippen LogP contribution in [0.25, 0.3) is 0 Å². The highest BCUT2D eigenvalue weighted by molar-refractivity contribution is 7.09. The molecule has 0 aliphatic carbocycles. The van der Waals surface area contributed by atoms with E-state index in [2.05, 4.69) is 27.8 Å². The molecule has 0 aromatic carbocycles. The van der Waals surface area contributed by atoms with Gasteiger partial charge in [-0.3, -0.25) is 0 Å². The fraction of sp³-hybridized carbons (Fsp3) is 0.500. The minimum Gasteiger partial charge on any atom is -0.361 e. The molecule has 4 nitrogen and oxygen atoms in total. The van der Waals surface area contributed by atoms with Crippen molar-refractivity contribution in [3.05, 3.63) is 33.1 Å². The van der Waals surface area contributed by atoms with Crippen molar-refractivity contribution in [2.75, 3.05) is 0 Å². The summed E-state index contributed by atoms with van der Waals surface area (Å²) in [5.74, 6) is 0.887. The van der Waals surface area contributed by atoms with E-state index in [1.54, 1.807) is 11.3 Å². The predicted molar refractivity (Wildman–Crippen MR) is 68.1 cm³/mol. The highest BCUT2D eigenvalue weighted by atomic mass is 32.1. The van der Waals surface area contributed by atoms with Crippen LogP contribution in [-0.2, 0) is 6.54 Å². The van der Waals surface area contributed by atoms with Crippen LogP contribution in [-0.4, -0.2) is 10.1 Å². The van der Waals surface area contributed by atoms with Crippen LogP contribution in [0.2, 0.25) is 0 Å². The van der Waals surface area contributed by atoms with E-state index < -0.39 is 0 Å². The van der Waals surface area contributed by atoms with E-state index in [4.69, 9.17) is 4.52 Å². The summed E-state index contributed by atoms with van der Waals surface area (Å²) in [6.07, 6.45) is 0. The zero-order valence-electron chi connectivity index (χ0n) is 10.6. The van der Waals surface area contributed by atoms with E-state index in [0.717, 1.165) is 34.3 Å². The van der Waals surface area contributed by atoms with Gasteiger partial charge in [-0.2, -0.15) is 0 Å². The first kappa shape index (κ1) is 12.3. The molecule has 0 radical (unpaired) electrons. The molecule has 0 aliphatic rings. The predicted octanol–water partition coefficient (Wildman–Crippen LogP) is 2.91. The topological polar surface area (TPSA) is 51.0 Å². The molecule has 92 valence electrons. The molecule has 0 aliphatic heterocycles. The maximum Gasteiger partial charge on any atom is 0.138 e. The maximum atomic E-state index is 5.13. The molecule has 0 saturated carbocycles. The Morgan fingerprint density at radius 1 is 1.41 bits per heavy atom. The number of nitrogens with zero attached hydrogens (tertiary/aromatic N) is 2. The molecule has 0 fully saturated rings. The van der Waals surface area contributed by atoms with Crippen molar-refractivity contribution in [2.45, 2.75) is 40.3 Å². The van der Waals surface area contributed by atoms with Crippen LogP contribution < -0.4 is 5.32 Å². The average molecular weight is 251 g/mol. The lowest BCUT2D eigenvalue weighted by Crippen LogP contribution is -2.18. The first-order chi connectivity index (χ1) is 8.08. The van der Waals surface area contributed by atoms with Gasteiger partial charge >= 0.3 is 0 Å². The zero-order valence-corrected chi connectivity index (χ0v) is 11.4. The summed E-state index contributed by atoms with van der Waals surface area (Å²) in [7, 11) is 0. The average Bonchev–Trinajstić information content (AvgIpc) is 2.84. The number of aromatic nitrogens is 2. The van der Waals surface area contributed by atoms with Gasteiger partial charge in [-0.05, 0) is 27.7 Å². The SMILES string of the molecule is Cc1csc(C(C)NCc2c(C)noc2C)n1. The fourth-order valence-electron chi connectivity index (χ4n) is 1.67. The largest absolute Gasteiger partial charge is 0.361 e. The Morgan fingerprint density at radius 3 is 2.71 bits per heavy atom. The molecule has 2 aromatic heterocycles. The van der Waals surface area contributed by atoms with Crippen LogP contribution in [0.3, 0.4) is 0 Å². The fourth-order valence-corrected chi connectivity index (χ4v) is 2.50. The Hall–Kier alpha value is -1.20. The molecule has 0 bridgehead atoms. The third kappa shape index (κ3) is 2.73. The second-order valence-electron chi connectivity index (χ2n) is 4.23. The van der Waals surface area contributed by atoms with Crippen molar-refractivity contribution in [3.8, 4) is 0 Å². The molecular weight excluding hydrogens is 234 g/mol. The lowest BCUT2D eigenvalue weighted by molar-refractivity contribution is 0.391. The van der Waals surface area contributed by atoms with Crippen molar-refractivity contribution in [1.29, 1.82) is 0 Å². The molecule has 2 heterocycles. The second-order valence-corrected chi connectivity index (χ2v) is 5.12. The third-order valence-corrected chi connectivity index (χ3v) is 3.92. The summed E-state index contributed by atoms with van der Waals surface area (Å²) in [5.41, 5.74) is 3.18. The molecule has 0 spiro atoms. The standard InChI is InChI=1S/C12H17N3OS/c1-7-6-17-12(14-7)9(3)13-5-11-8(2)15-16-10(11)4/h6,9,13H,5H2,1-4H3. The molecule has 2 rings (SSSR count). The van der Waals surface area contributed by atoms with Crippen LogP contribution in [0.5, 0.6) is 0 Å². The second kappa shape index (κ2) is 4.98. The first-order valence-electron chi connectivity index (χ1n) is 5.65. The number of hydrogen-bond donors (Lipinski definition) is 1. The van der Waals surface area contributed by atoms with Crippen LogP contribution in [0, 0.1) is 20.8 Å². The van der Waals surface area contributed by atoms with Gasteiger partial charge in [-0.25, -0.2) is 4.98 Å². The summed E-state index contributed by atoms with van der Waals surface area (Å²) < 4.78 is 5.13. The highest BCUT2D eigenvalue weighted by Crippen LogP contribution is 2.19. The number of rotatable bonds is 4. The monoisotopic (exact) mass is 251 g/mol. The van der Waals surface area contributed by atoms with Gasteiger partial charge in [0.1, 0.15) is 10.8 Å². The van der Waals surface area contributed by atoms with E-state index in [-0.39, 0.29) is 6.04 Å². The van der Waals surface area contributed by atoms with Gasteiger partial charge in [0.25, 0.3) is 0 Å². The number of aryl methyl sites for hydroxylation is 3. The Kier molecular flexibility index (Phi) is 3.59. The van der Waals surface area contributed by atoms with Crippen LogP contribution in [0.15, 0.2) is 9.90 Å². The molecule has 1 unspecified atom stereocenters. The first-order valence-corrected chi connectivity index (χ1v) is 6.53. The molecule has 5 heteroatoms. The molecule has 1 atom stereocenters. The van der Waals surface area contributed by atoms with Crippen LogP contribution in [0.4, 0.5) is 0 Å². The zero-order chi connectivity index (χ0) is 12.4. The number of thiazole rings is 1. The van der Waals surface area contributed by atoms with Gasteiger partial charge in [0.15, 0.2) is 0 Å². The lowest BCUT2D eigenvalue weighted by Gasteiger charge is -2.10. The lowest BCUT2D eigenvalue weighted by atomic mass is 10.2. The van der Waals surface area contributed by atoms with E-state index in [1.807, 2.05) is 20.8 Å². The van der Waals surface area contributed by atoms with Gasteiger partial charge in [0.05, 0.1) is 11.7 Å². The minimum absolute atomic E-state index is 0.252. The van der Waals surface area contributed by atoms with Crippen molar-refractivity contribution in [3.63, 3.8) is 0 Å². The minimum atomic E-state index is 0.252. The Labute approximate surface area is 105 Å². The molecular formula is C12H17N3OS. The molecule has 1 N–H and O–H groups in total. The molecule has 0 amide bonds. The molecule has 17 heavy (non-hydrogen) atoms. The molecule has 0 saturated heterocycles. The summed E-state index contributed by atoms with van der Waals surface area (Å²) in [5, 5.41) is 10.6. The van der Waals surface area contributed by atoms with Crippen molar-refractivity contribution in [1.82, 2.24) is 15.5 Å². The van der Waals surface area contributed by atoms with Crippen molar-refractivity contribution < 1.29 is 4.52 Å². The van der Waals surface area contributed by atoms with E-state index in [9.17, 15) is 0 Å². The van der Waals surface area contributed by atoms with Gasteiger partial charge in [0.2, 0.25) is 0 Å². The van der Waals surface area contributed by atoms with Gasteiger partial charge in [0, 0.05) is 23.2 Å². The summed E-state index contributed by atoms with van der Waals surface area (Å²) >= 11 is 1.69. The third-order valence-electron chi connectivity index (χ3n) is 2.77. The summed E-state index contributed by atoms with van der Waals surface area (Å²) in [4.78, 5) is 4.47. The summed E-state index contributed by atoms with van der Waals surface area (Å²) in [6, 6.07) is 0.252. The van der Waals surface area contributed by atoms with Crippen LogP contribution >= 0.6 is 11.3 Å². The van der Waals surface area contributed by atoms with Gasteiger partial charge in [-0.15, -0.1) is 11.3 Å². The van der Waals surface area contributed by atoms with Crippen molar-refractivity contribution in [2.24, 2.45) is 0 Å². The van der Waals surface area contributed by atoms with Gasteiger partial charge < -0.3 is 9.84 Å².